The summed E-state index contributed by atoms with van der Waals surface area (Å²) in [6.07, 6.45) is 1.41. The van der Waals surface area contributed by atoms with E-state index in [0.717, 1.165) is 10.0 Å². The second kappa shape index (κ2) is 6.39. The average molecular weight is 374 g/mol. The van der Waals surface area contributed by atoms with Crippen molar-refractivity contribution < 1.29 is 8.42 Å². The topological polar surface area (TPSA) is 58.5 Å². The van der Waals surface area contributed by atoms with Crippen LogP contribution in [0.5, 0.6) is 0 Å². The van der Waals surface area contributed by atoms with Crippen molar-refractivity contribution in [2.45, 2.75) is 4.90 Å². The Kier molecular flexibility index (Phi) is 4.80. The summed E-state index contributed by atoms with van der Waals surface area (Å²) in [6, 6.07) is 13.2. The fourth-order valence-electron chi connectivity index (χ4n) is 1.39. The van der Waals surface area contributed by atoms with E-state index in [2.05, 4.69) is 25.9 Å². The Balaban J connectivity index is 2.09. The van der Waals surface area contributed by atoms with Crippen LogP contribution in [-0.2, 0) is 10.0 Å². The van der Waals surface area contributed by atoms with Gasteiger partial charge in [0.1, 0.15) is 0 Å². The number of benzene rings is 2. The molecule has 104 valence electrons. The maximum absolute atomic E-state index is 11.9. The predicted octanol–water partition coefficient (Wildman–Crippen LogP) is 3.41. The SMILES string of the molecule is O=S(=O)(NN=Cc1ccc(Cl)cc1)c1ccc(Br)cc1. The zero-order valence-corrected chi connectivity index (χ0v) is 13.3. The molecule has 0 aliphatic carbocycles. The van der Waals surface area contributed by atoms with Gasteiger partial charge < -0.3 is 0 Å². The molecule has 0 atom stereocenters. The molecule has 0 spiro atoms. The summed E-state index contributed by atoms with van der Waals surface area (Å²) in [4.78, 5) is 2.30. The molecule has 0 bridgehead atoms. The number of rotatable bonds is 4. The lowest BCUT2D eigenvalue weighted by Gasteiger charge is -2.03. The molecule has 0 unspecified atom stereocenters. The largest absolute Gasteiger partial charge is 0.276 e. The van der Waals surface area contributed by atoms with E-state index in [1.54, 1.807) is 36.4 Å². The molecule has 1 N–H and O–H groups in total. The Hall–Kier alpha value is -1.37. The fraction of sp³-hybridized carbons (Fsp3) is 0. The number of hydrazone groups is 1. The van der Waals surface area contributed by atoms with Crippen LogP contribution in [0.1, 0.15) is 5.56 Å². The van der Waals surface area contributed by atoms with Gasteiger partial charge in [-0.05, 0) is 42.0 Å². The normalized spacial score (nSPS) is 11.7. The van der Waals surface area contributed by atoms with Crippen LogP contribution in [0.2, 0.25) is 5.02 Å². The van der Waals surface area contributed by atoms with Crippen molar-refractivity contribution in [1.29, 1.82) is 0 Å². The summed E-state index contributed by atoms with van der Waals surface area (Å²) in [6.45, 7) is 0. The van der Waals surface area contributed by atoms with Gasteiger partial charge in [-0.25, -0.2) is 4.83 Å². The summed E-state index contributed by atoms with van der Waals surface area (Å²) >= 11 is 9.00. The zero-order chi connectivity index (χ0) is 14.6. The van der Waals surface area contributed by atoms with Gasteiger partial charge >= 0.3 is 0 Å². The number of nitrogens with zero attached hydrogens (tertiary/aromatic N) is 1. The highest BCUT2D eigenvalue weighted by molar-refractivity contribution is 9.10. The van der Waals surface area contributed by atoms with Gasteiger partial charge in [0.05, 0.1) is 11.1 Å². The van der Waals surface area contributed by atoms with E-state index in [9.17, 15) is 8.42 Å². The minimum atomic E-state index is -3.65. The second-order valence-corrected chi connectivity index (χ2v) is 6.87. The van der Waals surface area contributed by atoms with E-state index in [1.165, 1.54) is 18.3 Å². The van der Waals surface area contributed by atoms with Crippen LogP contribution >= 0.6 is 27.5 Å². The van der Waals surface area contributed by atoms with E-state index in [-0.39, 0.29) is 4.90 Å². The minimum Gasteiger partial charge on any atom is -0.200 e. The highest BCUT2D eigenvalue weighted by Gasteiger charge is 2.11. The molecular formula is C13H10BrClN2O2S. The van der Waals surface area contributed by atoms with E-state index in [1.807, 2.05) is 0 Å². The van der Waals surface area contributed by atoms with E-state index >= 15 is 0 Å². The highest BCUT2D eigenvalue weighted by atomic mass is 79.9. The molecule has 0 aliphatic heterocycles. The van der Waals surface area contributed by atoms with Gasteiger partial charge in [-0.2, -0.15) is 13.5 Å². The zero-order valence-electron chi connectivity index (χ0n) is 10.1. The van der Waals surface area contributed by atoms with Gasteiger partial charge in [-0.15, -0.1) is 0 Å². The third kappa shape index (κ3) is 4.06. The molecule has 0 saturated heterocycles. The molecular weight excluding hydrogens is 364 g/mol. The smallest absolute Gasteiger partial charge is 0.200 e. The van der Waals surface area contributed by atoms with Crippen LogP contribution in [0, 0.1) is 0 Å². The lowest BCUT2D eigenvalue weighted by atomic mass is 10.2. The molecule has 0 aromatic heterocycles. The first kappa shape index (κ1) is 15.0. The van der Waals surface area contributed by atoms with Gasteiger partial charge in [-0.1, -0.05) is 39.7 Å². The van der Waals surface area contributed by atoms with Gasteiger partial charge in [0, 0.05) is 9.50 Å². The summed E-state index contributed by atoms with van der Waals surface area (Å²) < 4.78 is 24.7. The summed E-state index contributed by atoms with van der Waals surface area (Å²) in [7, 11) is -3.65. The molecule has 0 heterocycles. The van der Waals surface area contributed by atoms with Crippen LogP contribution < -0.4 is 4.83 Å². The van der Waals surface area contributed by atoms with Crippen LogP contribution in [-0.4, -0.2) is 14.6 Å². The number of hydrogen-bond donors (Lipinski definition) is 1. The summed E-state index contributed by atoms with van der Waals surface area (Å²) in [5.41, 5.74) is 0.743. The molecule has 20 heavy (non-hydrogen) atoms. The number of nitrogens with one attached hydrogen (secondary N) is 1. The first-order valence-electron chi connectivity index (χ1n) is 5.53. The monoisotopic (exact) mass is 372 g/mol. The molecule has 2 aromatic rings. The summed E-state index contributed by atoms with van der Waals surface area (Å²) in [5.74, 6) is 0. The quantitative estimate of drug-likeness (QED) is 0.659. The Morgan fingerprint density at radius 1 is 1.05 bits per heavy atom. The van der Waals surface area contributed by atoms with Gasteiger partial charge in [0.2, 0.25) is 0 Å². The van der Waals surface area contributed by atoms with Crippen LogP contribution in [0.3, 0.4) is 0 Å². The number of sulfonamides is 1. The lowest BCUT2D eigenvalue weighted by molar-refractivity contribution is 0.584. The fourth-order valence-corrected chi connectivity index (χ4v) is 2.57. The van der Waals surface area contributed by atoms with E-state index < -0.39 is 10.0 Å². The Morgan fingerprint density at radius 2 is 1.65 bits per heavy atom. The van der Waals surface area contributed by atoms with Crippen molar-refractivity contribution >= 4 is 43.8 Å². The van der Waals surface area contributed by atoms with Crippen molar-refractivity contribution in [3.8, 4) is 0 Å². The third-order valence-electron chi connectivity index (χ3n) is 2.38. The predicted molar refractivity (Wildman–Crippen MR) is 83.5 cm³/mol. The van der Waals surface area contributed by atoms with E-state index in [4.69, 9.17) is 11.6 Å². The van der Waals surface area contributed by atoms with Crippen LogP contribution in [0.25, 0.3) is 0 Å². The number of hydrogen-bond acceptors (Lipinski definition) is 3. The first-order chi connectivity index (χ1) is 9.47. The Bertz CT molecular complexity index is 713. The average Bonchev–Trinajstić information content (AvgIpc) is 2.41. The van der Waals surface area contributed by atoms with Crippen molar-refractivity contribution in [2.24, 2.45) is 5.10 Å². The van der Waals surface area contributed by atoms with Gasteiger partial charge in [0.25, 0.3) is 10.0 Å². The molecule has 0 fully saturated rings. The molecule has 0 radical (unpaired) electrons. The molecule has 0 aliphatic rings. The second-order valence-electron chi connectivity index (χ2n) is 3.86. The maximum atomic E-state index is 11.9. The Labute approximate surface area is 130 Å². The molecule has 0 amide bonds. The van der Waals surface area contributed by atoms with Crippen molar-refractivity contribution in [2.75, 3.05) is 0 Å². The molecule has 7 heteroatoms. The standard InChI is InChI=1S/C13H10BrClN2O2S/c14-11-3-7-13(8-4-11)20(18,19)17-16-9-10-1-5-12(15)6-2-10/h1-9,17H. The van der Waals surface area contributed by atoms with Crippen LogP contribution in [0.15, 0.2) is 63.0 Å². The molecule has 2 rings (SSSR count). The maximum Gasteiger partial charge on any atom is 0.276 e. The first-order valence-corrected chi connectivity index (χ1v) is 8.19. The lowest BCUT2D eigenvalue weighted by Crippen LogP contribution is -2.18. The van der Waals surface area contributed by atoms with Crippen molar-refractivity contribution in [3.05, 3.63) is 63.6 Å². The van der Waals surface area contributed by atoms with Crippen molar-refractivity contribution in [1.82, 2.24) is 4.83 Å². The van der Waals surface area contributed by atoms with Crippen molar-refractivity contribution in [3.63, 3.8) is 0 Å². The molecule has 0 saturated carbocycles. The minimum absolute atomic E-state index is 0.147. The van der Waals surface area contributed by atoms with E-state index in [0.29, 0.717) is 5.02 Å². The molecule has 2 aromatic carbocycles. The summed E-state index contributed by atoms with van der Waals surface area (Å²) in [5, 5.41) is 4.33. The Morgan fingerprint density at radius 3 is 2.25 bits per heavy atom. The van der Waals surface area contributed by atoms with Crippen LogP contribution in [0.4, 0.5) is 0 Å². The van der Waals surface area contributed by atoms with Gasteiger partial charge in [-0.3, -0.25) is 0 Å². The van der Waals surface area contributed by atoms with Gasteiger partial charge in [0.15, 0.2) is 0 Å². The molecule has 4 nitrogen and oxygen atoms in total. The third-order valence-corrected chi connectivity index (χ3v) is 4.40. The number of halogens is 2. The highest BCUT2D eigenvalue weighted by Crippen LogP contribution is 2.14.